The maximum atomic E-state index is 12.5. The molecule has 3 amide bonds. The lowest BCUT2D eigenvalue weighted by Gasteiger charge is -2.29. The van der Waals surface area contributed by atoms with E-state index >= 15 is 0 Å². The van der Waals surface area contributed by atoms with Gasteiger partial charge in [0.05, 0.1) is 30.1 Å². The number of ether oxygens (including phenoxy) is 2. The number of carboxylic acids is 1. The molecule has 0 aliphatic rings. The second kappa shape index (κ2) is 12.1. The molecule has 0 heterocycles. The Kier molecular flexibility index (Phi) is 8.91. The topological polar surface area (TPSA) is 117 Å². The van der Waals surface area contributed by atoms with E-state index in [-0.39, 0.29) is 24.1 Å². The number of carboxylic acid groups (broad SMARTS) is 1. The fourth-order valence-corrected chi connectivity index (χ4v) is 3.89. The summed E-state index contributed by atoms with van der Waals surface area (Å²) in [6, 6.07) is 17.5. The molecule has 0 aliphatic carbocycles. The second-order valence-corrected chi connectivity index (χ2v) is 8.68. The monoisotopic (exact) mass is 555 g/mol. The number of rotatable bonds is 9. The Morgan fingerprint density at radius 1 is 1.00 bits per heavy atom. The van der Waals surface area contributed by atoms with Gasteiger partial charge < -0.3 is 30.1 Å². The van der Waals surface area contributed by atoms with Crippen LogP contribution in [0.2, 0.25) is 0 Å². The molecule has 0 radical (unpaired) electrons. The molecule has 3 rings (SSSR count). The van der Waals surface area contributed by atoms with Crippen molar-refractivity contribution in [3.05, 3.63) is 76.8 Å². The first-order chi connectivity index (χ1) is 17.2. The number of urea groups is 1. The Morgan fingerprint density at radius 3 is 2.28 bits per heavy atom. The Labute approximate surface area is 217 Å². The van der Waals surface area contributed by atoms with Crippen LogP contribution in [0.1, 0.15) is 24.2 Å². The highest BCUT2D eigenvalue weighted by Crippen LogP contribution is 2.31. The number of amides is 3. The van der Waals surface area contributed by atoms with Gasteiger partial charge in [0.2, 0.25) is 5.91 Å². The number of hydrogen-bond donors (Lipinski definition) is 3. The first-order valence-electron chi connectivity index (χ1n) is 11.0. The molecule has 0 fully saturated rings. The van der Waals surface area contributed by atoms with Gasteiger partial charge in [0, 0.05) is 23.2 Å². The number of nitrogens with zero attached hydrogens (tertiary/aromatic N) is 1. The van der Waals surface area contributed by atoms with E-state index in [0.29, 0.717) is 28.6 Å². The molecule has 3 N–H and O–H groups in total. The van der Waals surface area contributed by atoms with Gasteiger partial charge in [-0.25, -0.2) is 9.59 Å². The van der Waals surface area contributed by atoms with E-state index in [2.05, 4.69) is 26.6 Å². The average Bonchev–Trinajstić information content (AvgIpc) is 2.85. The maximum Gasteiger partial charge on any atom is 0.335 e. The van der Waals surface area contributed by atoms with E-state index < -0.39 is 12.0 Å². The van der Waals surface area contributed by atoms with Crippen LogP contribution in [0, 0.1) is 0 Å². The van der Waals surface area contributed by atoms with Crippen molar-refractivity contribution in [1.29, 1.82) is 0 Å². The van der Waals surface area contributed by atoms with Crippen LogP contribution >= 0.6 is 15.9 Å². The zero-order chi connectivity index (χ0) is 26.2. The van der Waals surface area contributed by atoms with Crippen molar-refractivity contribution in [2.24, 2.45) is 0 Å². The summed E-state index contributed by atoms with van der Waals surface area (Å²) in [6.45, 7) is 3.45. The van der Waals surface area contributed by atoms with Gasteiger partial charge in [-0.05, 0) is 71.4 Å². The molecule has 0 spiro atoms. The first kappa shape index (κ1) is 26.6. The molecular formula is C26H26BrN3O6. The number of carbonyl (C=O) groups excluding carboxylic acids is 2. The number of para-hydroxylation sites is 1. The molecule has 0 saturated heterocycles. The number of carbonyl (C=O) groups is 3. The third kappa shape index (κ3) is 6.76. The quantitative estimate of drug-likeness (QED) is 0.315. The van der Waals surface area contributed by atoms with Gasteiger partial charge in [0.15, 0.2) is 0 Å². The van der Waals surface area contributed by atoms with Gasteiger partial charge >= 0.3 is 12.0 Å². The standard InChI is InChI=1S/C26H26BrN3O6/c1-16(15-36-20-11-8-18(9-12-20)25(32)33)30(17(2)31)19-10-13-23(24(14-19)35-3)29-26(34)28-22-7-5-4-6-21(22)27/h4-14,16H,15H2,1-3H3,(H,32,33)(H2,28,29,34). The average molecular weight is 556 g/mol. The fourth-order valence-electron chi connectivity index (χ4n) is 3.50. The van der Waals surface area contributed by atoms with Crippen LogP contribution in [-0.4, -0.2) is 42.8 Å². The molecular weight excluding hydrogens is 530 g/mol. The fraction of sp³-hybridized carbons (Fsp3) is 0.192. The minimum absolute atomic E-state index is 0.159. The van der Waals surface area contributed by atoms with Crippen molar-refractivity contribution in [3.63, 3.8) is 0 Å². The summed E-state index contributed by atoms with van der Waals surface area (Å²) in [5, 5.41) is 14.5. The summed E-state index contributed by atoms with van der Waals surface area (Å²) in [4.78, 5) is 37.6. The van der Waals surface area contributed by atoms with E-state index in [1.54, 1.807) is 41.3 Å². The Morgan fingerprint density at radius 2 is 1.67 bits per heavy atom. The molecule has 9 nitrogen and oxygen atoms in total. The summed E-state index contributed by atoms with van der Waals surface area (Å²) >= 11 is 3.39. The first-order valence-corrected chi connectivity index (χ1v) is 11.8. The second-order valence-electron chi connectivity index (χ2n) is 7.82. The molecule has 3 aromatic rings. The molecule has 36 heavy (non-hydrogen) atoms. The highest BCUT2D eigenvalue weighted by atomic mass is 79.9. The van der Waals surface area contributed by atoms with E-state index in [0.717, 1.165) is 4.47 Å². The summed E-state index contributed by atoms with van der Waals surface area (Å²) in [7, 11) is 1.47. The van der Waals surface area contributed by atoms with Crippen LogP contribution < -0.4 is 25.0 Å². The predicted octanol–water partition coefficient (Wildman–Crippen LogP) is 5.62. The smallest absolute Gasteiger partial charge is 0.335 e. The molecule has 1 atom stereocenters. The van der Waals surface area contributed by atoms with Crippen molar-refractivity contribution in [1.82, 2.24) is 0 Å². The van der Waals surface area contributed by atoms with Crippen molar-refractivity contribution >= 4 is 50.9 Å². The minimum atomic E-state index is -1.02. The highest BCUT2D eigenvalue weighted by Gasteiger charge is 2.21. The number of hydrogen-bond acceptors (Lipinski definition) is 5. The summed E-state index contributed by atoms with van der Waals surface area (Å²) in [6.07, 6.45) is 0. The number of halogens is 1. The lowest BCUT2D eigenvalue weighted by atomic mass is 10.2. The third-order valence-electron chi connectivity index (χ3n) is 5.21. The number of nitrogens with one attached hydrogen (secondary N) is 2. The van der Waals surface area contributed by atoms with Gasteiger partial charge in [0.1, 0.15) is 18.1 Å². The van der Waals surface area contributed by atoms with E-state index in [1.807, 2.05) is 25.1 Å². The number of methoxy groups -OCH3 is 1. The Balaban J connectivity index is 1.71. The lowest BCUT2D eigenvalue weighted by molar-refractivity contribution is -0.117. The molecule has 188 valence electrons. The number of anilines is 3. The van der Waals surface area contributed by atoms with Gasteiger partial charge in [-0.2, -0.15) is 0 Å². The molecule has 0 saturated carbocycles. The van der Waals surface area contributed by atoms with Crippen LogP contribution in [0.3, 0.4) is 0 Å². The highest BCUT2D eigenvalue weighted by molar-refractivity contribution is 9.10. The van der Waals surface area contributed by atoms with Gasteiger partial charge in [-0.3, -0.25) is 4.79 Å². The summed E-state index contributed by atoms with van der Waals surface area (Å²) < 4.78 is 12.0. The number of aromatic carboxylic acids is 1. The molecule has 10 heteroatoms. The largest absolute Gasteiger partial charge is 0.494 e. The zero-order valence-corrected chi connectivity index (χ0v) is 21.5. The van der Waals surface area contributed by atoms with Crippen LogP contribution in [0.5, 0.6) is 11.5 Å². The summed E-state index contributed by atoms with van der Waals surface area (Å²) in [5.41, 5.74) is 1.76. The molecule has 0 aliphatic heterocycles. The van der Waals surface area contributed by atoms with Crippen molar-refractivity contribution < 1.29 is 29.0 Å². The Hall–Kier alpha value is -4.05. The van der Waals surface area contributed by atoms with Crippen molar-refractivity contribution in [2.75, 3.05) is 29.3 Å². The van der Waals surface area contributed by atoms with Gasteiger partial charge in [0.25, 0.3) is 0 Å². The van der Waals surface area contributed by atoms with E-state index in [1.165, 1.54) is 26.2 Å². The van der Waals surface area contributed by atoms with E-state index in [4.69, 9.17) is 14.6 Å². The molecule has 3 aromatic carbocycles. The van der Waals surface area contributed by atoms with E-state index in [9.17, 15) is 14.4 Å². The zero-order valence-electron chi connectivity index (χ0n) is 19.9. The van der Waals surface area contributed by atoms with Crippen LogP contribution in [-0.2, 0) is 4.79 Å². The van der Waals surface area contributed by atoms with Gasteiger partial charge in [-0.15, -0.1) is 0 Å². The Bertz CT molecular complexity index is 1250. The van der Waals surface area contributed by atoms with Crippen LogP contribution in [0.4, 0.5) is 21.9 Å². The molecule has 0 aromatic heterocycles. The summed E-state index contributed by atoms with van der Waals surface area (Å²) in [5.74, 6) is -0.362. The minimum Gasteiger partial charge on any atom is -0.494 e. The van der Waals surface area contributed by atoms with Crippen LogP contribution in [0.25, 0.3) is 0 Å². The van der Waals surface area contributed by atoms with Crippen LogP contribution in [0.15, 0.2) is 71.2 Å². The third-order valence-corrected chi connectivity index (χ3v) is 5.90. The normalized spacial score (nSPS) is 11.2. The molecule has 1 unspecified atom stereocenters. The van der Waals surface area contributed by atoms with Crippen molar-refractivity contribution in [2.45, 2.75) is 19.9 Å². The maximum absolute atomic E-state index is 12.5. The van der Waals surface area contributed by atoms with Gasteiger partial charge in [-0.1, -0.05) is 12.1 Å². The predicted molar refractivity (Wildman–Crippen MR) is 141 cm³/mol. The molecule has 0 bridgehead atoms. The lowest BCUT2D eigenvalue weighted by Crippen LogP contribution is -2.40. The van der Waals surface area contributed by atoms with Crippen molar-refractivity contribution in [3.8, 4) is 11.5 Å². The number of benzene rings is 3. The SMILES string of the molecule is COc1cc(N(C(C)=O)C(C)COc2ccc(C(=O)O)cc2)ccc1NC(=O)Nc1ccccc1Br.